The first-order valence-corrected chi connectivity index (χ1v) is 11.5. The number of aromatic nitrogens is 3. The van der Waals surface area contributed by atoms with Crippen molar-refractivity contribution in [1.29, 1.82) is 5.26 Å². The van der Waals surface area contributed by atoms with Gasteiger partial charge in [-0.25, -0.2) is 0 Å². The molecule has 0 radical (unpaired) electrons. The zero-order valence-electron chi connectivity index (χ0n) is 18.6. The molecule has 1 heterocycles. The number of nitriles is 1. The number of rotatable bonds is 8. The summed E-state index contributed by atoms with van der Waals surface area (Å²) in [5.74, 6) is 0.437. The van der Waals surface area contributed by atoms with Crippen LogP contribution in [0.5, 0.6) is 5.75 Å². The smallest absolute Gasteiger partial charge is 0.416 e. The van der Waals surface area contributed by atoms with E-state index < -0.39 is 17.6 Å². The minimum atomic E-state index is -4.50. The number of alkyl halides is 3. The van der Waals surface area contributed by atoms with Crippen molar-refractivity contribution < 1.29 is 22.7 Å². The summed E-state index contributed by atoms with van der Waals surface area (Å²) in [5, 5.41) is 20.2. The van der Waals surface area contributed by atoms with Crippen LogP contribution in [0.15, 0.2) is 84.0 Å². The van der Waals surface area contributed by atoms with Gasteiger partial charge < -0.3 is 10.1 Å². The van der Waals surface area contributed by atoms with Crippen molar-refractivity contribution in [3.8, 4) is 17.5 Å². The molecule has 4 rings (SSSR count). The highest BCUT2D eigenvalue weighted by Crippen LogP contribution is 2.31. The summed E-state index contributed by atoms with van der Waals surface area (Å²) >= 11 is 1.09. The Bertz CT molecular complexity index is 1380. The molecule has 4 aromatic rings. The van der Waals surface area contributed by atoms with Gasteiger partial charge in [0.1, 0.15) is 12.4 Å². The highest BCUT2D eigenvalue weighted by molar-refractivity contribution is 7.99. The molecule has 0 spiro atoms. The standard InChI is InChI=1S/C25H18F3N5O2S/c26-25(27,28)18-5-4-6-19(13-18)30-23(34)16-36-24-32-31-22(33(24)20-7-2-1-3-8-20)15-35-21-11-9-17(14-29)10-12-21/h1-13H,15-16H2,(H,30,34). The molecule has 182 valence electrons. The van der Waals surface area contributed by atoms with Gasteiger partial charge in [-0.2, -0.15) is 18.4 Å². The predicted molar refractivity (Wildman–Crippen MR) is 128 cm³/mol. The Morgan fingerprint density at radius 1 is 1.03 bits per heavy atom. The van der Waals surface area contributed by atoms with Gasteiger partial charge in [-0.05, 0) is 54.6 Å². The number of amides is 1. The van der Waals surface area contributed by atoms with E-state index in [1.807, 2.05) is 36.4 Å². The fraction of sp³-hybridized carbons (Fsp3) is 0.120. The monoisotopic (exact) mass is 509 g/mol. The molecule has 0 fully saturated rings. The number of thioether (sulfide) groups is 1. The molecule has 11 heteroatoms. The molecule has 1 amide bonds. The molecule has 0 aliphatic rings. The van der Waals surface area contributed by atoms with Crippen molar-refractivity contribution in [1.82, 2.24) is 14.8 Å². The second-order valence-electron chi connectivity index (χ2n) is 7.41. The number of para-hydroxylation sites is 1. The summed E-state index contributed by atoms with van der Waals surface area (Å²) in [6.45, 7) is 0.0742. The lowest BCUT2D eigenvalue weighted by atomic mass is 10.2. The quantitative estimate of drug-likeness (QED) is 0.317. The largest absolute Gasteiger partial charge is 0.486 e. The van der Waals surface area contributed by atoms with Crippen LogP contribution in [0.2, 0.25) is 0 Å². The van der Waals surface area contributed by atoms with Crippen LogP contribution in [0.25, 0.3) is 5.69 Å². The summed E-state index contributed by atoms with van der Waals surface area (Å²) in [7, 11) is 0. The molecule has 0 aliphatic carbocycles. The number of halogens is 3. The number of carbonyl (C=O) groups is 1. The number of ether oxygens (including phenoxy) is 1. The summed E-state index contributed by atoms with van der Waals surface area (Å²) in [4.78, 5) is 12.4. The van der Waals surface area contributed by atoms with E-state index in [4.69, 9.17) is 10.00 Å². The van der Waals surface area contributed by atoms with Gasteiger partial charge in [-0.1, -0.05) is 36.0 Å². The summed E-state index contributed by atoms with van der Waals surface area (Å²) in [6.07, 6.45) is -4.50. The Labute approximate surface area is 208 Å². The molecule has 7 nitrogen and oxygen atoms in total. The van der Waals surface area contributed by atoms with Crippen LogP contribution in [0, 0.1) is 11.3 Å². The highest BCUT2D eigenvalue weighted by Gasteiger charge is 2.30. The maximum atomic E-state index is 12.9. The first-order valence-electron chi connectivity index (χ1n) is 10.6. The van der Waals surface area contributed by atoms with Crippen LogP contribution in [0.3, 0.4) is 0 Å². The van der Waals surface area contributed by atoms with Crippen molar-refractivity contribution in [2.45, 2.75) is 17.9 Å². The number of nitrogens with zero attached hydrogens (tertiary/aromatic N) is 4. The van der Waals surface area contributed by atoms with Crippen LogP contribution in [-0.4, -0.2) is 26.4 Å². The van der Waals surface area contributed by atoms with Crippen molar-refractivity contribution in [2.75, 3.05) is 11.1 Å². The molecule has 36 heavy (non-hydrogen) atoms. The van der Waals surface area contributed by atoms with E-state index in [1.165, 1.54) is 12.1 Å². The number of benzene rings is 3. The molecule has 0 bridgehead atoms. The van der Waals surface area contributed by atoms with Crippen LogP contribution < -0.4 is 10.1 Å². The second-order valence-corrected chi connectivity index (χ2v) is 8.35. The van der Waals surface area contributed by atoms with Gasteiger partial charge >= 0.3 is 6.18 Å². The predicted octanol–water partition coefficient (Wildman–Crippen LogP) is 5.47. The van der Waals surface area contributed by atoms with Gasteiger partial charge in [0.15, 0.2) is 11.0 Å². The second kappa shape index (κ2) is 11.0. The van der Waals surface area contributed by atoms with Gasteiger partial charge in [0.2, 0.25) is 5.91 Å². The average molecular weight is 510 g/mol. The lowest BCUT2D eigenvalue weighted by Gasteiger charge is -2.12. The first kappa shape index (κ1) is 24.8. The molecular weight excluding hydrogens is 491 g/mol. The van der Waals surface area contributed by atoms with E-state index in [2.05, 4.69) is 15.5 Å². The van der Waals surface area contributed by atoms with Gasteiger partial charge in [0.25, 0.3) is 0 Å². The molecule has 1 N–H and O–H groups in total. The molecule has 0 saturated heterocycles. The molecule has 0 saturated carbocycles. The average Bonchev–Trinajstić information content (AvgIpc) is 3.29. The van der Waals surface area contributed by atoms with E-state index in [1.54, 1.807) is 28.8 Å². The minimum Gasteiger partial charge on any atom is -0.486 e. The Balaban J connectivity index is 1.47. The Morgan fingerprint density at radius 2 is 1.78 bits per heavy atom. The van der Waals surface area contributed by atoms with Crippen molar-refractivity contribution >= 4 is 23.4 Å². The zero-order chi connectivity index (χ0) is 25.5. The first-order chi connectivity index (χ1) is 17.3. The molecule has 0 aliphatic heterocycles. The van der Waals surface area contributed by atoms with Gasteiger partial charge in [-0.3, -0.25) is 9.36 Å². The SMILES string of the molecule is N#Cc1ccc(OCc2nnc(SCC(=O)Nc3cccc(C(F)(F)F)c3)n2-c2ccccc2)cc1. The Morgan fingerprint density at radius 3 is 2.47 bits per heavy atom. The van der Waals surface area contributed by atoms with Crippen molar-refractivity contribution in [3.63, 3.8) is 0 Å². The number of hydrogen-bond donors (Lipinski definition) is 1. The van der Waals surface area contributed by atoms with E-state index in [-0.39, 0.29) is 18.0 Å². The van der Waals surface area contributed by atoms with E-state index >= 15 is 0 Å². The van der Waals surface area contributed by atoms with Crippen LogP contribution in [0.1, 0.15) is 17.0 Å². The lowest BCUT2D eigenvalue weighted by molar-refractivity contribution is -0.137. The van der Waals surface area contributed by atoms with Crippen molar-refractivity contribution in [2.24, 2.45) is 0 Å². The Kier molecular flexibility index (Phi) is 7.56. The fourth-order valence-corrected chi connectivity index (χ4v) is 3.97. The third-order valence-electron chi connectivity index (χ3n) is 4.87. The van der Waals surface area contributed by atoms with E-state index in [0.29, 0.717) is 22.3 Å². The maximum absolute atomic E-state index is 12.9. The number of anilines is 1. The summed E-state index contributed by atoms with van der Waals surface area (Å²) < 4.78 is 46.3. The van der Waals surface area contributed by atoms with E-state index in [9.17, 15) is 18.0 Å². The third-order valence-corrected chi connectivity index (χ3v) is 5.80. The van der Waals surface area contributed by atoms with Gasteiger partial charge in [0.05, 0.1) is 22.9 Å². The number of nitrogens with one attached hydrogen (secondary N) is 1. The maximum Gasteiger partial charge on any atom is 0.416 e. The van der Waals surface area contributed by atoms with Crippen LogP contribution in [0.4, 0.5) is 18.9 Å². The molecule has 0 atom stereocenters. The molecular formula is C25H18F3N5O2S. The summed E-state index contributed by atoms with van der Waals surface area (Å²) in [5.41, 5.74) is 0.471. The van der Waals surface area contributed by atoms with Gasteiger partial charge in [-0.15, -0.1) is 10.2 Å². The molecule has 3 aromatic carbocycles. The van der Waals surface area contributed by atoms with Crippen LogP contribution >= 0.6 is 11.8 Å². The molecule has 0 unspecified atom stereocenters. The van der Waals surface area contributed by atoms with E-state index in [0.717, 1.165) is 29.6 Å². The summed E-state index contributed by atoms with van der Waals surface area (Å²) in [6, 6.07) is 22.4. The van der Waals surface area contributed by atoms with Crippen LogP contribution in [-0.2, 0) is 17.6 Å². The van der Waals surface area contributed by atoms with Crippen molar-refractivity contribution in [3.05, 3.63) is 95.8 Å². The normalized spacial score (nSPS) is 11.1. The zero-order valence-corrected chi connectivity index (χ0v) is 19.4. The highest BCUT2D eigenvalue weighted by atomic mass is 32.2. The topological polar surface area (TPSA) is 92.8 Å². The third kappa shape index (κ3) is 6.22. The minimum absolute atomic E-state index is 0.0523. The molecule has 1 aromatic heterocycles. The van der Waals surface area contributed by atoms with Gasteiger partial charge in [0, 0.05) is 11.4 Å². The lowest BCUT2D eigenvalue weighted by Crippen LogP contribution is -2.15. The fourth-order valence-electron chi connectivity index (χ4n) is 3.20. The Hall–Kier alpha value is -4.30. The number of hydrogen-bond acceptors (Lipinski definition) is 6. The number of carbonyl (C=O) groups excluding carboxylic acids is 1.